The van der Waals surface area contributed by atoms with Crippen LogP contribution in [0, 0.1) is 12.8 Å². The minimum absolute atomic E-state index is 0.00955. The fourth-order valence-electron chi connectivity index (χ4n) is 4.07. The van der Waals surface area contributed by atoms with Crippen molar-refractivity contribution in [1.29, 1.82) is 0 Å². The Balaban J connectivity index is 1.36. The van der Waals surface area contributed by atoms with Crippen LogP contribution in [0.15, 0.2) is 47.9 Å². The van der Waals surface area contributed by atoms with Gasteiger partial charge in [0.1, 0.15) is 17.7 Å². The Morgan fingerprint density at radius 1 is 1.26 bits per heavy atom. The van der Waals surface area contributed by atoms with Crippen molar-refractivity contribution in [2.75, 3.05) is 24.5 Å². The highest BCUT2D eigenvalue weighted by molar-refractivity contribution is 7.08. The van der Waals surface area contributed by atoms with Crippen LogP contribution < -0.4 is 15.6 Å². The first-order chi connectivity index (χ1) is 16.9. The zero-order valence-corrected chi connectivity index (χ0v) is 19.5. The van der Waals surface area contributed by atoms with E-state index in [0.717, 1.165) is 23.5 Å². The normalized spacial score (nSPS) is 13.6. The van der Waals surface area contributed by atoms with Gasteiger partial charge in [-0.05, 0) is 42.7 Å². The smallest absolute Gasteiger partial charge is 0.341 e. The second-order valence-electron chi connectivity index (χ2n) is 8.27. The number of fused-ring (bicyclic) bond motifs is 1. The highest BCUT2D eigenvalue weighted by Gasteiger charge is 2.34. The van der Waals surface area contributed by atoms with Gasteiger partial charge in [0.25, 0.3) is 0 Å². The number of aryl methyl sites for hydroxylation is 1. The molecule has 0 radical (unpaired) electrons. The Morgan fingerprint density at radius 2 is 2.03 bits per heavy atom. The number of anilines is 1. The van der Waals surface area contributed by atoms with Gasteiger partial charge in [-0.25, -0.2) is 14.8 Å². The van der Waals surface area contributed by atoms with E-state index in [2.05, 4.69) is 24.6 Å². The topological polar surface area (TPSA) is 143 Å². The third kappa shape index (κ3) is 4.35. The van der Waals surface area contributed by atoms with Crippen LogP contribution in [0.5, 0.6) is 0 Å². The van der Waals surface area contributed by atoms with Gasteiger partial charge < -0.3 is 15.3 Å². The zero-order valence-electron chi connectivity index (χ0n) is 18.7. The monoisotopic (exact) mass is 491 g/mol. The molecule has 1 aliphatic heterocycles. The van der Waals surface area contributed by atoms with Gasteiger partial charge >= 0.3 is 5.97 Å². The summed E-state index contributed by atoms with van der Waals surface area (Å²) in [5.74, 6) is -0.884. The van der Waals surface area contributed by atoms with Gasteiger partial charge in [0.05, 0.1) is 11.3 Å². The number of aromatic carboxylic acids is 1. The van der Waals surface area contributed by atoms with Crippen LogP contribution in [0.1, 0.15) is 21.5 Å². The largest absolute Gasteiger partial charge is 0.477 e. The number of hydrogen-bond donors (Lipinski definition) is 2. The Kier molecular flexibility index (Phi) is 5.95. The van der Waals surface area contributed by atoms with E-state index in [0.29, 0.717) is 41.8 Å². The van der Waals surface area contributed by atoms with E-state index < -0.39 is 11.4 Å². The van der Waals surface area contributed by atoms with Gasteiger partial charge in [-0.1, -0.05) is 0 Å². The Bertz CT molecular complexity index is 1470. The summed E-state index contributed by atoms with van der Waals surface area (Å²) in [6.45, 7) is 3.28. The average Bonchev–Trinajstić information content (AvgIpc) is 3.33. The Hall–Kier alpha value is -4.19. The number of carbonyl (C=O) groups excluding carboxylic acids is 1. The summed E-state index contributed by atoms with van der Waals surface area (Å²) in [5, 5.41) is 13.1. The quantitative estimate of drug-likeness (QED) is 0.392. The van der Waals surface area contributed by atoms with Gasteiger partial charge in [0.2, 0.25) is 16.5 Å². The van der Waals surface area contributed by atoms with Crippen molar-refractivity contribution in [3.05, 3.63) is 70.0 Å². The number of nitrogens with one attached hydrogen (secondary N) is 1. The number of aromatic nitrogens is 5. The fraction of sp³-hybridized carbons (Fsp3) is 0.261. The predicted molar refractivity (Wildman–Crippen MR) is 129 cm³/mol. The molecule has 0 atom stereocenters. The summed E-state index contributed by atoms with van der Waals surface area (Å²) in [7, 11) is 0. The van der Waals surface area contributed by atoms with Crippen LogP contribution >= 0.6 is 11.5 Å². The van der Waals surface area contributed by atoms with Crippen molar-refractivity contribution in [2.45, 2.75) is 13.3 Å². The molecule has 12 heteroatoms. The molecule has 1 saturated heterocycles. The molecule has 0 aliphatic carbocycles. The van der Waals surface area contributed by atoms with Crippen molar-refractivity contribution >= 4 is 40.3 Å². The molecule has 0 spiro atoms. The molecule has 0 saturated carbocycles. The molecule has 35 heavy (non-hydrogen) atoms. The van der Waals surface area contributed by atoms with E-state index in [-0.39, 0.29) is 22.8 Å². The number of hydrogen-bond acceptors (Lipinski definition) is 9. The lowest BCUT2D eigenvalue weighted by Crippen LogP contribution is -2.54. The molecule has 2 N–H and O–H groups in total. The summed E-state index contributed by atoms with van der Waals surface area (Å²) in [6.07, 6.45) is 6.78. The molecule has 1 aliphatic rings. The first-order valence-electron chi connectivity index (χ1n) is 10.9. The second-order valence-corrected chi connectivity index (χ2v) is 9.02. The van der Waals surface area contributed by atoms with Crippen molar-refractivity contribution in [3.63, 3.8) is 0 Å². The van der Waals surface area contributed by atoms with Crippen LogP contribution in [0.2, 0.25) is 0 Å². The third-order valence-corrected chi connectivity index (χ3v) is 6.63. The molecule has 4 aromatic rings. The minimum atomic E-state index is -1.32. The van der Waals surface area contributed by atoms with Crippen LogP contribution in [0.4, 0.5) is 5.82 Å². The van der Waals surface area contributed by atoms with Gasteiger partial charge in [0.15, 0.2) is 5.65 Å². The van der Waals surface area contributed by atoms with E-state index in [9.17, 15) is 19.5 Å². The lowest BCUT2D eigenvalue weighted by molar-refractivity contribution is -0.125. The lowest BCUT2D eigenvalue weighted by Gasteiger charge is -2.39. The number of carboxylic acid groups (broad SMARTS) is 1. The summed E-state index contributed by atoms with van der Waals surface area (Å²) < 4.78 is 5.46. The number of pyridine rings is 3. The maximum absolute atomic E-state index is 12.9. The molecule has 11 nitrogen and oxygen atoms in total. The first kappa shape index (κ1) is 22.6. The van der Waals surface area contributed by atoms with Crippen molar-refractivity contribution < 1.29 is 14.7 Å². The molecule has 4 aromatic heterocycles. The van der Waals surface area contributed by atoms with E-state index in [1.807, 2.05) is 17.0 Å². The van der Waals surface area contributed by atoms with Gasteiger partial charge in [-0.2, -0.15) is 4.37 Å². The van der Waals surface area contributed by atoms with Gasteiger partial charge in [-0.3, -0.25) is 19.1 Å². The van der Waals surface area contributed by atoms with Crippen molar-refractivity contribution in [1.82, 2.24) is 29.2 Å². The van der Waals surface area contributed by atoms with Crippen molar-refractivity contribution in [2.24, 2.45) is 5.92 Å². The van der Waals surface area contributed by atoms with E-state index in [1.165, 1.54) is 17.1 Å². The van der Waals surface area contributed by atoms with Gasteiger partial charge in [0, 0.05) is 49.8 Å². The number of carbonyl (C=O) groups is 2. The maximum Gasteiger partial charge on any atom is 0.341 e. The molecule has 1 amide bonds. The summed E-state index contributed by atoms with van der Waals surface area (Å²) >= 11 is 1.06. The average molecular weight is 492 g/mol. The molecule has 0 aromatic carbocycles. The standard InChI is InChI=1S/C23H21N7O4S/c1-13-8-17(29-9-15(10-29)21(32)25-7-4-14-2-5-24-6-3-14)28-20-18(13)19(31)16(22(33)34)11-30(20)23-26-12-27-35-23/h2-3,5-6,8,11-12,15H,4,7,9-10H2,1H3,(H,25,32)(H,33,34). The molecule has 0 bridgehead atoms. The predicted octanol–water partition coefficient (Wildman–Crippen LogP) is 1.43. The Labute approximate surface area is 203 Å². The van der Waals surface area contributed by atoms with Crippen LogP contribution in [0.25, 0.3) is 16.2 Å². The molecule has 5 heterocycles. The molecule has 5 rings (SSSR count). The van der Waals surface area contributed by atoms with Crippen LogP contribution in [-0.4, -0.2) is 60.5 Å². The molecule has 0 unspecified atom stereocenters. The minimum Gasteiger partial charge on any atom is -0.477 e. The second kappa shape index (κ2) is 9.22. The molecular weight excluding hydrogens is 470 g/mol. The zero-order chi connectivity index (χ0) is 24.5. The summed E-state index contributed by atoms with van der Waals surface area (Å²) in [6, 6.07) is 5.59. The summed E-state index contributed by atoms with van der Waals surface area (Å²) in [5.41, 5.74) is 1.05. The number of carboxylic acids is 1. The number of nitrogens with zero attached hydrogens (tertiary/aromatic N) is 6. The van der Waals surface area contributed by atoms with E-state index >= 15 is 0 Å². The van der Waals surface area contributed by atoms with Crippen LogP contribution in [-0.2, 0) is 11.2 Å². The molecular formula is C23H21N7O4S. The van der Waals surface area contributed by atoms with Gasteiger partial charge in [-0.15, -0.1) is 0 Å². The SMILES string of the molecule is Cc1cc(N2CC(C(=O)NCCc3ccncc3)C2)nc2c1c(=O)c(C(=O)O)cn2-c1ncns1. The number of amides is 1. The lowest BCUT2D eigenvalue weighted by atomic mass is 9.98. The van der Waals surface area contributed by atoms with Crippen molar-refractivity contribution in [3.8, 4) is 5.13 Å². The summed E-state index contributed by atoms with van der Waals surface area (Å²) in [4.78, 5) is 51.9. The molecule has 1 fully saturated rings. The number of rotatable bonds is 7. The highest BCUT2D eigenvalue weighted by atomic mass is 32.1. The fourth-order valence-corrected chi connectivity index (χ4v) is 4.58. The van der Waals surface area contributed by atoms with E-state index in [4.69, 9.17) is 0 Å². The highest BCUT2D eigenvalue weighted by Crippen LogP contribution is 2.28. The third-order valence-electron chi connectivity index (χ3n) is 5.97. The Morgan fingerprint density at radius 3 is 2.71 bits per heavy atom. The first-order valence-corrected chi connectivity index (χ1v) is 11.7. The van der Waals surface area contributed by atoms with Crippen LogP contribution in [0.3, 0.4) is 0 Å². The molecule has 178 valence electrons. The van der Waals surface area contributed by atoms with E-state index in [1.54, 1.807) is 25.4 Å². The maximum atomic E-state index is 12.9.